The van der Waals surface area contributed by atoms with E-state index in [1.165, 1.54) is 6.07 Å². The maximum Gasteiger partial charge on any atom is 0.224 e. The van der Waals surface area contributed by atoms with Crippen molar-refractivity contribution in [2.24, 2.45) is 0 Å². The molecule has 1 aliphatic heterocycles. The summed E-state index contributed by atoms with van der Waals surface area (Å²) in [6.45, 7) is 5.27. The summed E-state index contributed by atoms with van der Waals surface area (Å²) in [6.07, 6.45) is 2.09. The summed E-state index contributed by atoms with van der Waals surface area (Å²) in [5.74, 6) is -0.390. The zero-order valence-electron chi connectivity index (χ0n) is 11.4. The number of hydrogen-bond acceptors (Lipinski definition) is 2. The van der Waals surface area contributed by atoms with Crippen LogP contribution in [0.2, 0.25) is 0 Å². The van der Waals surface area contributed by atoms with Crippen LogP contribution in [0.15, 0.2) is 24.3 Å². The second-order valence-corrected chi connectivity index (χ2v) is 5.04. The summed E-state index contributed by atoms with van der Waals surface area (Å²) in [7, 11) is 0. The molecular weight excluding hydrogens is 243 g/mol. The van der Waals surface area contributed by atoms with Crippen molar-refractivity contribution < 1.29 is 9.18 Å². The van der Waals surface area contributed by atoms with Gasteiger partial charge in [0.2, 0.25) is 5.91 Å². The quantitative estimate of drug-likeness (QED) is 0.901. The molecule has 0 unspecified atom stereocenters. The van der Waals surface area contributed by atoms with Gasteiger partial charge < -0.3 is 10.2 Å². The van der Waals surface area contributed by atoms with Crippen LogP contribution in [0.1, 0.15) is 25.3 Å². The number of benzene rings is 1. The predicted molar refractivity (Wildman–Crippen MR) is 73.4 cm³/mol. The first-order chi connectivity index (χ1) is 9.19. The molecule has 104 valence electrons. The maximum absolute atomic E-state index is 13.4. The fraction of sp³-hybridized carbons (Fsp3) is 0.533. The van der Waals surface area contributed by atoms with E-state index in [9.17, 15) is 9.18 Å². The van der Waals surface area contributed by atoms with Crippen molar-refractivity contribution in [1.82, 2.24) is 10.2 Å². The lowest BCUT2D eigenvalue weighted by Gasteiger charge is -2.31. The minimum atomic E-state index is -0.307. The van der Waals surface area contributed by atoms with Crippen molar-refractivity contribution in [3.8, 4) is 0 Å². The van der Waals surface area contributed by atoms with Crippen LogP contribution in [0.5, 0.6) is 0 Å². The molecule has 1 saturated heterocycles. The minimum Gasteiger partial charge on any atom is -0.353 e. The number of hydrogen-bond donors (Lipinski definition) is 1. The second kappa shape index (κ2) is 6.66. The number of piperidine rings is 1. The third kappa shape index (κ3) is 4.03. The Morgan fingerprint density at radius 1 is 1.37 bits per heavy atom. The van der Waals surface area contributed by atoms with Crippen LogP contribution in [0.4, 0.5) is 4.39 Å². The Kier molecular flexibility index (Phi) is 4.91. The molecule has 1 aromatic carbocycles. The van der Waals surface area contributed by atoms with Gasteiger partial charge in [0.25, 0.3) is 0 Å². The van der Waals surface area contributed by atoms with Gasteiger partial charge in [0.15, 0.2) is 0 Å². The SMILES string of the molecule is CCN1CCC(NC(=O)Cc2ccccc2F)CC1. The van der Waals surface area contributed by atoms with Gasteiger partial charge >= 0.3 is 0 Å². The Hall–Kier alpha value is -1.42. The zero-order chi connectivity index (χ0) is 13.7. The number of amides is 1. The molecule has 4 heteroatoms. The third-order valence-corrected chi connectivity index (χ3v) is 3.71. The summed E-state index contributed by atoms with van der Waals surface area (Å²) >= 11 is 0. The third-order valence-electron chi connectivity index (χ3n) is 3.71. The van der Waals surface area contributed by atoms with E-state index >= 15 is 0 Å². The maximum atomic E-state index is 13.4. The molecular formula is C15H21FN2O. The molecule has 1 heterocycles. The molecule has 3 nitrogen and oxygen atoms in total. The van der Waals surface area contributed by atoms with Gasteiger partial charge in [0.05, 0.1) is 6.42 Å². The summed E-state index contributed by atoms with van der Waals surface area (Å²) in [5.41, 5.74) is 0.464. The monoisotopic (exact) mass is 264 g/mol. The molecule has 1 N–H and O–H groups in total. The summed E-state index contributed by atoms with van der Waals surface area (Å²) in [6, 6.07) is 6.68. The van der Waals surface area contributed by atoms with Crippen LogP contribution in [0.3, 0.4) is 0 Å². The molecule has 0 spiro atoms. The van der Waals surface area contributed by atoms with E-state index in [0.29, 0.717) is 5.56 Å². The highest BCUT2D eigenvalue weighted by Crippen LogP contribution is 2.11. The van der Waals surface area contributed by atoms with Crippen molar-refractivity contribution >= 4 is 5.91 Å². The lowest BCUT2D eigenvalue weighted by molar-refractivity contribution is -0.121. The number of rotatable bonds is 4. The van der Waals surface area contributed by atoms with Crippen LogP contribution in [-0.4, -0.2) is 36.5 Å². The zero-order valence-corrected chi connectivity index (χ0v) is 11.4. The summed E-state index contributed by atoms with van der Waals surface area (Å²) in [4.78, 5) is 14.3. The molecule has 0 saturated carbocycles. The molecule has 0 aliphatic carbocycles. The predicted octanol–water partition coefficient (Wildman–Crippen LogP) is 1.97. The standard InChI is InChI=1S/C15H21FN2O/c1-2-18-9-7-13(8-10-18)17-15(19)11-12-5-3-4-6-14(12)16/h3-6,13H,2,7-11H2,1H3,(H,17,19). The Morgan fingerprint density at radius 3 is 2.68 bits per heavy atom. The number of carbonyl (C=O) groups is 1. The van der Waals surface area contributed by atoms with Crippen molar-refractivity contribution in [2.45, 2.75) is 32.2 Å². The van der Waals surface area contributed by atoms with E-state index in [1.54, 1.807) is 18.2 Å². The van der Waals surface area contributed by atoms with Crippen LogP contribution in [0.25, 0.3) is 0 Å². The molecule has 0 aromatic heterocycles. The van der Waals surface area contributed by atoms with Gasteiger partial charge in [-0.15, -0.1) is 0 Å². The van der Waals surface area contributed by atoms with Crippen LogP contribution in [0, 0.1) is 5.82 Å². The number of nitrogens with zero attached hydrogens (tertiary/aromatic N) is 1. The first-order valence-corrected chi connectivity index (χ1v) is 6.94. The van der Waals surface area contributed by atoms with Crippen molar-refractivity contribution in [1.29, 1.82) is 0 Å². The van der Waals surface area contributed by atoms with Crippen LogP contribution in [-0.2, 0) is 11.2 Å². The molecule has 0 radical (unpaired) electrons. The molecule has 0 atom stereocenters. The lowest BCUT2D eigenvalue weighted by Crippen LogP contribution is -2.44. The van der Waals surface area contributed by atoms with E-state index in [4.69, 9.17) is 0 Å². The Labute approximate surface area is 113 Å². The van der Waals surface area contributed by atoms with Gasteiger partial charge in [-0.05, 0) is 31.0 Å². The number of likely N-dealkylation sites (tertiary alicyclic amines) is 1. The van der Waals surface area contributed by atoms with Gasteiger partial charge in [-0.2, -0.15) is 0 Å². The fourth-order valence-electron chi connectivity index (χ4n) is 2.49. The van der Waals surface area contributed by atoms with Crippen molar-refractivity contribution in [2.75, 3.05) is 19.6 Å². The smallest absolute Gasteiger partial charge is 0.224 e. The van der Waals surface area contributed by atoms with E-state index < -0.39 is 0 Å². The Bertz CT molecular complexity index is 428. The first kappa shape index (κ1) is 14.0. The largest absolute Gasteiger partial charge is 0.353 e. The van der Waals surface area contributed by atoms with E-state index in [-0.39, 0.29) is 24.2 Å². The molecule has 1 aliphatic rings. The average Bonchev–Trinajstić information content (AvgIpc) is 2.42. The summed E-state index contributed by atoms with van der Waals surface area (Å²) < 4.78 is 13.4. The second-order valence-electron chi connectivity index (χ2n) is 5.04. The summed E-state index contributed by atoms with van der Waals surface area (Å²) in [5, 5.41) is 3.01. The van der Waals surface area contributed by atoms with Gasteiger partial charge in [-0.3, -0.25) is 4.79 Å². The average molecular weight is 264 g/mol. The molecule has 0 bridgehead atoms. The van der Waals surface area contributed by atoms with Crippen molar-refractivity contribution in [3.05, 3.63) is 35.6 Å². The Morgan fingerprint density at radius 2 is 2.05 bits per heavy atom. The molecule has 19 heavy (non-hydrogen) atoms. The Balaban J connectivity index is 1.81. The first-order valence-electron chi connectivity index (χ1n) is 6.94. The van der Waals surface area contributed by atoms with Gasteiger partial charge in [0, 0.05) is 19.1 Å². The van der Waals surface area contributed by atoms with E-state index in [0.717, 1.165) is 32.5 Å². The minimum absolute atomic E-state index is 0.0833. The van der Waals surface area contributed by atoms with Gasteiger partial charge in [-0.1, -0.05) is 25.1 Å². The molecule has 1 fully saturated rings. The van der Waals surface area contributed by atoms with E-state index in [1.807, 2.05) is 0 Å². The van der Waals surface area contributed by atoms with Crippen LogP contribution < -0.4 is 5.32 Å². The normalized spacial score (nSPS) is 17.4. The van der Waals surface area contributed by atoms with Crippen molar-refractivity contribution in [3.63, 3.8) is 0 Å². The molecule has 1 amide bonds. The highest BCUT2D eigenvalue weighted by atomic mass is 19.1. The fourth-order valence-corrected chi connectivity index (χ4v) is 2.49. The van der Waals surface area contributed by atoms with E-state index in [2.05, 4.69) is 17.1 Å². The molecule has 1 aromatic rings. The van der Waals surface area contributed by atoms with Gasteiger partial charge in [-0.25, -0.2) is 4.39 Å². The number of carbonyl (C=O) groups excluding carboxylic acids is 1. The highest BCUT2D eigenvalue weighted by molar-refractivity contribution is 5.78. The number of halogens is 1. The van der Waals surface area contributed by atoms with Gasteiger partial charge in [0.1, 0.15) is 5.82 Å². The highest BCUT2D eigenvalue weighted by Gasteiger charge is 2.19. The number of nitrogens with one attached hydrogen (secondary N) is 1. The lowest BCUT2D eigenvalue weighted by atomic mass is 10.0. The topological polar surface area (TPSA) is 32.3 Å². The molecule has 2 rings (SSSR count). The van der Waals surface area contributed by atoms with Crippen LogP contribution >= 0.6 is 0 Å².